The Kier molecular flexibility index (Phi) is 3.15. The van der Waals surface area contributed by atoms with Crippen molar-refractivity contribution in [1.82, 2.24) is 5.01 Å². The van der Waals surface area contributed by atoms with Crippen molar-refractivity contribution in [2.24, 2.45) is 17.0 Å². The van der Waals surface area contributed by atoms with E-state index in [0.717, 1.165) is 43.5 Å². The van der Waals surface area contributed by atoms with E-state index >= 15 is 0 Å². The van der Waals surface area contributed by atoms with Crippen molar-refractivity contribution in [2.75, 3.05) is 29.6 Å². The van der Waals surface area contributed by atoms with Crippen molar-refractivity contribution in [3.05, 3.63) is 22.5 Å². The Labute approximate surface area is 146 Å². The van der Waals surface area contributed by atoms with Gasteiger partial charge in [-0.3, -0.25) is 5.84 Å². The van der Waals surface area contributed by atoms with E-state index in [-0.39, 0.29) is 17.3 Å². The van der Waals surface area contributed by atoms with Gasteiger partial charge in [0, 0.05) is 37.1 Å². The van der Waals surface area contributed by atoms with Crippen LogP contribution in [0.3, 0.4) is 0 Å². The Morgan fingerprint density at radius 3 is 2.62 bits per heavy atom. The normalized spacial score (nSPS) is 28.6. The van der Waals surface area contributed by atoms with E-state index < -0.39 is 0 Å². The molecule has 1 aromatic rings. The maximum atomic E-state index is 14.9. The molecule has 5 nitrogen and oxygen atoms in total. The van der Waals surface area contributed by atoms with E-state index in [2.05, 4.69) is 9.80 Å². The van der Waals surface area contributed by atoms with Crippen LogP contribution < -0.4 is 21.4 Å². The van der Waals surface area contributed by atoms with Gasteiger partial charge in [0.05, 0.1) is 23.1 Å². The van der Waals surface area contributed by atoms with Crippen LogP contribution in [-0.2, 0) is 6.54 Å². The molecule has 0 bridgehead atoms. The third-order valence-corrected chi connectivity index (χ3v) is 6.51. The van der Waals surface area contributed by atoms with Crippen LogP contribution in [0.4, 0.5) is 15.8 Å². The Balaban J connectivity index is 1.58. The van der Waals surface area contributed by atoms with Crippen LogP contribution in [0.25, 0.3) is 0 Å². The molecular formula is C17H23ClFN5. The average Bonchev–Trinajstić information content (AvgIpc) is 3.40. The van der Waals surface area contributed by atoms with Gasteiger partial charge in [-0.2, -0.15) is 0 Å². The second kappa shape index (κ2) is 4.97. The maximum absolute atomic E-state index is 14.9. The number of benzene rings is 1. The first kappa shape index (κ1) is 15.2. The lowest BCUT2D eigenvalue weighted by atomic mass is 10.0. The minimum absolute atomic E-state index is 0.114. The van der Waals surface area contributed by atoms with Crippen LogP contribution in [0.1, 0.15) is 31.2 Å². The molecule has 0 radical (unpaired) electrons. The van der Waals surface area contributed by atoms with Gasteiger partial charge >= 0.3 is 0 Å². The quantitative estimate of drug-likeness (QED) is 0.798. The van der Waals surface area contributed by atoms with Gasteiger partial charge in [0.15, 0.2) is 0 Å². The molecule has 130 valence electrons. The zero-order chi connectivity index (χ0) is 16.6. The monoisotopic (exact) mass is 351 g/mol. The van der Waals surface area contributed by atoms with E-state index in [1.807, 2.05) is 0 Å². The zero-order valence-electron chi connectivity index (χ0n) is 13.6. The lowest BCUT2D eigenvalue weighted by Crippen LogP contribution is -2.47. The number of rotatable bonds is 2. The van der Waals surface area contributed by atoms with Crippen LogP contribution in [0.15, 0.2) is 6.07 Å². The molecule has 0 unspecified atom stereocenters. The third-order valence-electron chi connectivity index (χ3n) is 6.15. The molecule has 4 aliphatic rings. The fraction of sp³-hybridized carbons (Fsp3) is 0.647. The van der Waals surface area contributed by atoms with E-state index in [9.17, 15) is 4.39 Å². The topological polar surface area (TPSA) is 61.8 Å². The molecule has 1 aromatic carbocycles. The highest BCUT2D eigenvalue weighted by Gasteiger charge is 2.54. The van der Waals surface area contributed by atoms with Crippen molar-refractivity contribution < 1.29 is 4.39 Å². The first-order valence-corrected chi connectivity index (χ1v) is 9.14. The lowest BCUT2D eigenvalue weighted by molar-refractivity contribution is 0.258. The summed E-state index contributed by atoms with van der Waals surface area (Å²) in [6.45, 7) is 2.67. The highest BCUT2D eigenvalue weighted by Crippen LogP contribution is 2.54. The van der Waals surface area contributed by atoms with Gasteiger partial charge in [-0.05, 0) is 37.3 Å². The predicted molar refractivity (Wildman–Crippen MR) is 93.4 cm³/mol. The summed E-state index contributed by atoms with van der Waals surface area (Å²) in [5, 5.41) is 2.26. The van der Waals surface area contributed by atoms with Crippen molar-refractivity contribution in [3.8, 4) is 0 Å². The summed E-state index contributed by atoms with van der Waals surface area (Å²) in [6.07, 6.45) is 4.58. The summed E-state index contributed by atoms with van der Waals surface area (Å²) in [4.78, 5) is 4.31. The number of nitrogens with two attached hydrogens (primary N) is 2. The first-order chi connectivity index (χ1) is 11.5. The Morgan fingerprint density at radius 2 is 2.00 bits per heavy atom. The Bertz CT molecular complexity index is 703. The third kappa shape index (κ3) is 2.17. The molecule has 1 atom stereocenters. The minimum atomic E-state index is -0.255. The van der Waals surface area contributed by atoms with Gasteiger partial charge in [0.2, 0.25) is 0 Å². The molecule has 1 spiro atoms. The number of hydrogen-bond donors (Lipinski definition) is 2. The maximum Gasteiger partial charge on any atom is 0.148 e. The van der Waals surface area contributed by atoms with Gasteiger partial charge in [0.25, 0.3) is 0 Å². The van der Waals surface area contributed by atoms with Gasteiger partial charge in [0.1, 0.15) is 5.82 Å². The van der Waals surface area contributed by atoms with E-state index in [1.165, 1.54) is 0 Å². The SMILES string of the molecule is N[C@@H]1CN(c2c(F)cc3c(c2Cl)N(C2CC2)CN(N)C3)CC12CC2. The van der Waals surface area contributed by atoms with Crippen molar-refractivity contribution in [3.63, 3.8) is 0 Å². The molecule has 4 N–H and O–H groups in total. The standard InChI is InChI=1S/C17H23ClFN5/c18-14-15-10(6-23(21)9-24(15)11-1-2-11)5-12(19)16(14)22-7-13(20)17(8-22)3-4-17/h5,11,13H,1-4,6-9,20-21H2/t13-/m1/s1. The molecule has 24 heavy (non-hydrogen) atoms. The molecule has 7 heteroatoms. The average molecular weight is 352 g/mol. The predicted octanol–water partition coefficient (Wildman–Crippen LogP) is 2.02. The molecule has 0 amide bonds. The van der Waals surface area contributed by atoms with Gasteiger partial charge in [-0.25, -0.2) is 9.40 Å². The Morgan fingerprint density at radius 1 is 1.25 bits per heavy atom. The van der Waals surface area contributed by atoms with Crippen LogP contribution in [-0.4, -0.2) is 36.9 Å². The Hall–Kier alpha value is -1.08. The number of halogens is 2. The van der Waals surface area contributed by atoms with E-state index in [1.54, 1.807) is 11.1 Å². The smallest absolute Gasteiger partial charge is 0.148 e. The van der Waals surface area contributed by atoms with Crippen LogP contribution in [0.2, 0.25) is 5.02 Å². The van der Waals surface area contributed by atoms with Crippen molar-refractivity contribution >= 4 is 23.0 Å². The molecule has 2 saturated carbocycles. The fourth-order valence-corrected chi connectivity index (χ4v) is 4.88. The summed E-state index contributed by atoms with van der Waals surface area (Å²) in [7, 11) is 0. The van der Waals surface area contributed by atoms with Crippen molar-refractivity contribution in [1.29, 1.82) is 0 Å². The minimum Gasteiger partial charge on any atom is -0.366 e. The molecule has 0 aromatic heterocycles. The molecule has 3 fully saturated rings. The molecule has 2 aliphatic carbocycles. The van der Waals surface area contributed by atoms with Crippen LogP contribution in [0, 0.1) is 11.2 Å². The van der Waals surface area contributed by atoms with E-state index in [0.29, 0.717) is 36.5 Å². The largest absolute Gasteiger partial charge is 0.366 e. The van der Waals surface area contributed by atoms with Crippen LogP contribution >= 0.6 is 11.6 Å². The lowest BCUT2D eigenvalue weighted by Gasteiger charge is -2.38. The summed E-state index contributed by atoms with van der Waals surface area (Å²) in [5.74, 6) is 5.77. The van der Waals surface area contributed by atoms with Crippen LogP contribution in [0.5, 0.6) is 0 Å². The second-order valence-corrected chi connectivity index (χ2v) is 8.35. The molecule has 2 heterocycles. The highest BCUT2D eigenvalue weighted by molar-refractivity contribution is 6.36. The molecule has 2 aliphatic heterocycles. The molecule has 5 rings (SSSR count). The first-order valence-electron chi connectivity index (χ1n) is 8.76. The fourth-order valence-electron chi connectivity index (χ4n) is 4.44. The van der Waals surface area contributed by atoms with Gasteiger partial charge in [-0.1, -0.05) is 11.6 Å². The zero-order valence-corrected chi connectivity index (χ0v) is 14.4. The highest BCUT2D eigenvalue weighted by atomic mass is 35.5. The number of nitrogens with zero attached hydrogens (tertiary/aromatic N) is 3. The summed E-state index contributed by atoms with van der Waals surface area (Å²) < 4.78 is 14.9. The van der Waals surface area contributed by atoms with Gasteiger partial charge < -0.3 is 15.5 Å². The van der Waals surface area contributed by atoms with E-state index in [4.69, 9.17) is 23.2 Å². The number of fused-ring (bicyclic) bond motifs is 1. The summed E-state index contributed by atoms with van der Waals surface area (Å²) in [6, 6.07) is 2.21. The van der Waals surface area contributed by atoms with Gasteiger partial charge in [-0.15, -0.1) is 0 Å². The second-order valence-electron chi connectivity index (χ2n) is 7.97. The molecule has 1 saturated heterocycles. The number of hydrazine groups is 1. The summed E-state index contributed by atoms with van der Waals surface area (Å²) >= 11 is 6.76. The molecular weight excluding hydrogens is 329 g/mol. The number of hydrogen-bond acceptors (Lipinski definition) is 5. The van der Waals surface area contributed by atoms with Crippen molar-refractivity contribution in [2.45, 2.75) is 44.3 Å². The number of anilines is 2. The summed E-state index contributed by atoms with van der Waals surface area (Å²) in [5.41, 5.74) is 8.88.